The van der Waals surface area contributed by atoms with Gasteiger partial charge in [-0.25, -0.2) is 4.98 Å². The highest BCUT2D eigenvalue weighted by atomic mass is 35.5. The van der Waals surface area contributed by atoms with Crippen LogP contribution in [-0.2, 0) is 9.53 Å². The van der Waals surface area contributed by atoms with Crippen molar-refractivity contribution in [3.63, 3.8) is 0 Å². The van der Waals surface area contributed by atoms with Gasteiger partial charge in [-0.3, -0.25) is 4.79 Å². The molecule has 4 nitrogen and oxygen atoms in total. The second-order valence-electron chi connectivity index (χ2n) is 7.12. The zero-order valence-electron chi connectivity index (χ0n) is 12.3. The summed E-state index contributed by atoms with van der Waals surface area (Å²) in [4.78, 5) is 17.1. The number of hydrogen-bond acceptors (Lipinski definition) is 3. The van der Waals surface area contributed by atoms with E-state index in [9.17, 15) is 4.79 Å². The third-order valence-electron chi connectivity index (χ3n) is 6.53. The SMILES string of the molecule is C[C@@]12CC[C@@H]3C[C@]1(C(=O)Nc1ccc(Cl)cn1)OC[C@]32C. The van der Waals surface area contributed by atoms with Crippen molar-refractivity contribution >= 4 is 23.3 Å². The van der Waals surface area contributed by atoms with Gasteiger partial charge in [0.15, 0.2) is 5.60 Å². The predicted octanol–water partition coefficient (Wildman–Crippen LogP) is 3.27. The van der Waals surface area contributed by atoms with Gasteiger partial charge >= 0.3 is 0 Å². The van der Waals surface area contributed by atoms with Crippen molar-refractivity contribution in [3.05, 3.63) is 23.4 Å². The van der Waals surface area contributed by atoms with E-state index in [4.69, 9.17) is 16.3 Å². The molecule has 1 aromatic heterocycles. The molecule has 5 heteroatoms. The molecule has 2 saturated carbocycles. The lowest BCUT2D eigenvalue weighted by molar-refractivity contribution is -0.149. The Morgan fingerprint density at radius 3 is 2.90 bits per heavy atom. The van der Waals surface area contributed by atoms with E-state index in [-0.39, 0.29) is 16.7 Å². The first-order valence-electron chi connectivity index (χ1n) is 7.48. The Labute approximate surface area is 129 Å². The summed E-state index contributed by atoms with van der Waals surface area (Å²) in [5, 5.41) is 3.48. The summed E-state index contributed by atoms with van der Waals surface area (Å²) in [6, 6.07) is 3.45. The summed E-state index contributed by atoms with van der Waals surface area (Å²) in [6.45, 7) is 5.20. The Kier molecular flexibility index (Phi) is 2.57. The summed E-state index contributed by atoms with van der Waals surface area (Å²) >= 11 is 5.83. The van der Waals surface area contributed by atoms with Crippen LogP contribution in [0.2, 0.25) is 5.02 Å². The molecule has 4 rings (SSSR count). The minimum Gasteiger partial charge on any atom is -0.364 e. The number of nitrogens with zero attached hydrogens (tertiary/aromatic N) is 1. The monoisotopic (exact) mass is 306 g/mol. The molecular formula is C16H19ClN2O2. The van der Waals surface area contributed by atoms with E-state index in [1.54, 1.807) is 12.1 Å². The average Bonchev–Trinajstić information content (AvgIpc) is 2.93. The van der Waals surface area contributed by atoms with Crippen LogP contribution in [0.25, 0.3) is 0 Å². The molecule has 4 bridgehead atoms. The standard InChI is InChI=1S/C16H19ClN2O2/c1-14-9-21-16(7-10(14)5-6-15(14,16)2)13(20)19-12-4-3-11(17)8-18-12/h3-4,8,10H,5-7,9H2,1-2H3,(H,18,19,20)/t10-,14-,15+,16-/m1/s1. The third-order valence-corrected chi connectivity index (χ3v) is 6.76. The molecule has 21 heavy (non-hydrogen) atoms. The van der Waals surface area contributed by atoms with E-state index in [2.05, 4.69) is 24.1 Å². The highest BCUT2D eigenvalue weighted by Gasteiger charge is 2.78. The number of halogens is 1. The summed E-state index contributed by atoms with van der Waals surface area (Å²) in [7, 11) is 0. The summed E-state index contributed by atoms with van der Waals surface area (Å²) in [6.07, 6.45) is 4.65. The van der Waals surface area contributed by atoms with Crippen LogP contribution in [0.1, 0.15) is 33.1 Å². The molecular weight excluding hydrogens is 288 g/mol. The molecule has 0 unspecified atom stereocenters. The smallest absolute Gasteiger partial charge is 0.258 e. The maximum atomic E-state index is 12.9. The Hall–Kier alpha value is -1.13. The highest BCUT2D eigenvalue weighted by molar-refractivity contribution is 6.30. The molecule has 112 valence electrons. The summed E-state index contributed by atoms with van der Waals surface area (Å²) in [5.74, 6) is 1.08. The Morgan fingerprint density at radius 1 is 1.48 bits per heavy atom. The number of ether oxygens (including phenoxy) is 1. The molecule has 0 spiro atoms. The van der Waals surface area contributed by atoms with Crippen molar-refractivity contribution in [2.45, 2.75) is 38.7 Å². The van der Waals surface area contributed by atoms with Crippen LogP contribution in [0, 0.1) is 16.7 Å². The van der Waals surface area contributed by atoms with Gasteiger partial charge in [0.2, 0.25) is 0 Å². The minimum atomic E-state index is -0.689. The van der Waals surface area contributed by atoms with E-state index < -0.39 is 5.60 Å². The van der Waals surface area contributed by atoms with Gasteiger partial charge in [0.25, 0.3) is 5.91 Å². The minimum absolute atomic E-state index is 0.0502. The van der Waals surface area contributed by atoms with Crippen LogP contribution in [0.5, 0.6) is 0 Å². The lowest BCUT2D eigenvalue weighted by Gasteiger charge is -2.39. The van der Waals surface area contributed by atoms with E-state index in [0.29, 0.717) is 23.4 Å². The fourth-order valence-corrected chi connectivity index (χ4v) is 5.04. The molecule has 1 saturated heterocycles. The van der Waals surface area contributed by atoms with Gasteiger partial charge in [-0.05, 0) is 37.3 Å². The number of carbonyl (C=O) groups is 1. The van der Waals surface area contributed by atoms with Gasteiger partial charge in [0.05, 0.1) is 11.6 Å². The van der Waals surface area contributed by atoms with Crippen molar-refractivity contribution < 1.29 is 9.53 Å². The number of hydrogen-bond donors (Lipinski definition) is 1. The fraction of sp³-hybridized carbons (Fsp3) is 0.625. The molecule has 1 N–H and O–H groups in total. The largest absolute Gasteiger partial charge is 0.364 e. The Morgan fingerprint density at radius 2 is 2.29 bits per heavy atom. The Bertz CT molecular complexity index is 619. The molecule has 2 aliphatic carbocycles. The number of nitrogens with one attached hydrogen (secondary N) is 1. The van der Waals surface area contributed by atoms with Gasteiger partial charge < -0.3 is 10.1 Å². The first kappa shape index (κ1) is 13.5. The maximum Gasteiger partial charge on any atom is 0.258 e. The van der Waals surface area contributed by atoms with Gasteiger partial charge in [0.1, 0.15) is 5.82 Å². The number of rotatable bonds is 2. The second kappa shape index (κ2) is 3.99. The molecule has 1 aromatic rings. The quantitative estimate of drug-likeness (QED) is 0.912. The van der Waals surface area contributed by atoms with Crippen LogP contribution in [0.15, 0.2) is 18.3 Å². The fourth-order valence-electron chi connectivity index (χ4n) is 4.92. The number of amides is 1. The predicted molar refractivity (Wildman–Crippen MR) is 80.1 cm³/mol. The third kappa shape index (κ3) is 1.45. The van der Waals surface area contributed by atoms with Crippen LogP contribution in [0.3, 0.4) is 0 Å². The summed E-state index contributed by atoms with van der Waals surface area (Å²) in [5.41, 5.74) is -0.620. The van der Waals surface area contributed by atoms with Crippen molar-refractivity contribution in [2.75, 3.05) is 11.9 Å². The second-order valence-corrected chi connectivity index (χ2v) is 7.56. The normalized spacial score (nSPS) is 43.3. The van der Waals surface area contributed by atoms with Crippen LogP contribution in [0.4, 0.5) is 5.82 Å². The maximum absolute atomic E-state index is 12.9. The molecule has 1 aliphatic heterocycles. The molecule has 4 atom stereocenters. The van der Waals surface area contributed by atoms with Crippen molar-refractivity contribution in [3.8, 4) is 0 Å². The van der Waals surface area contributed by atoms with Crippen molar-refractivity contribution in [1.29, 1.82) is 0 Å². The van der Waals surface area contributed by atoms with Crippen LogP contribution < -0.4 is 5.32 Å². The molecule has 3 fully saturated rings. The van der Waals surface area contributed by atoms with E-state index in [0.717, 1.165) is 12.8 Å². The van der Waals surface area contributed by atoms with E-state index in [1.807, 2.05) is 0 Å². The van der Waals surface area contributed by atoms with Crippen molar-refractivity contribution in [1.82, 2.24) is 4.98 Å². The molecule has 1 amide bonds. The topological polar surface area (TPSA) is 51.2 Å². The van der Waals surface area contributed by atoms with Gasteiger partial charge in [-0.1, -0.05) is 25.4 Å². The molecule has 0 aromatic carbocycles. The first-order chi connectivity index (χ1) is 9.91. The molecule has 0 radical (unpaired) electrons. The molecule has 2 heterocycles. The average molecular weight is 307 g/mol. The van der Waals surface area contributed by atoms with Gasteiger partial charge in [-0.2, -0.15) is 0 Å². The van der Waals surface area contributed by atoms with Crippen molar-refractivity contribution in [2.24, 2.45) is 16.7 Å². The highest BCUT2D eigenvalue weighted by Crippen LogP contribution is 2.75. The summed E-state index contributed by atoms with van der Waals surface area (Å²) < 4.78 is 6.07. The van der Waals surface area contributed by atoms with Crippen LogP contribution in [-0.4, -0.2) is 23.1 Å². The number of aromatic nitrogens is 1. The lowest BCUT2D eigenvalue weighted by atomic mass is 9.66. The number of anilines is 1. The zero-order valence-corrected chi connectivity index (χ0v) is 13.0. The van der Waals surface area contributed by atoms with Gasteiger partial charge in [0, 0.05) is 17.0 Å². The van der Waals surface area contributed by atoms with Crippen LogP contribution >= 0.6 is 11.6 Å². The zero-order chi connectivity index (χ0) is 14.9. The Balaban J connectivity index is 1.65. The van der Waals surface area contributed by atoms with Gasteiger partial charge in [-0.15, -0.1) is 0 Å². The number of pyridine rings is 1. The first-order valence-corrected chi connectivity index (χ1v) is 7.86. The number of carbonyl (C=O) groups excluding carboxylic acids is 1. The molecule has 3 aliphatic rings. The van der Waals surface area contributed by atoms with E-state index in [1.165, 1.54) is 12.6 Å². The van der Waals surface area contributed by atoms with E-state index >= 15 is 0 Å². The lowest BCUT2D eigenvalue weighted by Crippen LogP contribution is -2.52.